The number of aromatic nitrogens is 2. The molecule has 5 rings (SSSR count). The van der Waals surface area contributed by atoms with Crippen LogP contribution in [0.15, 0.2) is 88.8 Å². The van der Waals surface area contributed by atoms with Crippen molar-refractivity contribution in [3.63, 3.8) is 0 Å². The number of hydrogen-bond donors (Lipinski definition) is 1. The van der Waals surface area contributed by atoms with Gasteiger partial charge < -0.3 is 15.0 Å². The Hall–Kier alpha value is -3.62. The number of rotatable bonds is 7. The number of fused-ring (bicyclic) bond motifs is 1. The predicted octanol–water partition coefficient (Wildman–Crippen LogP) is 4.57. The standard InChI is InChI=1S/C28H28N4O3S/c1-20(21-7-3-2-4-8-21)32-27(34)24-9-5-6-10-25(24)30-28(32)36-19-26(33)29-22-11-13-23(14-12-22)31-15-17-35-18-16-31/h2-14,20H,15-19H2,1H3,(H,29,33). The predicted molar refractivity (Wildman–Crippen MR) is 145 cm³/mol. The van der Waals surface area contributed by atoms with Crippen LogP contribution in [0.1, 0.15) is 18.5 Å². The van der Waals surface area contributed by atoms with Gasteiger partial charge in [0.1, 0.15) is 0 Å². The number of carbonyl (C=O) groups is 1. The molecule has 7 nitrogen and oxygen atoms in total. The van der Waals surface area contributed by atoms with Crippen molar-refractivity contribution >= 4 is 39.9 Å². The van der Waals surface area contributed by atoms with Gasteiger partial charge in [0, 0.05) is 24.5 Å². The third-order valence-corrected chi connectivity index (χ3v) is 7.26. The Kier molecular flexibility index (Phi) is 7.34. The van der Waals surface area contributed by atoms with Crippen LogP contribution in [0.5, 0.6) is 0 Å². The van der Waals surface area contributed by atoms with Crippen molar-refractivity contribution in [3.8, 4) is 0 Å². The van der Waals surface area contributed by atoms with Gasteiger partial charge in [0.2, 0.25) is 5.91 Å². The first kappa shape index (κ1) is 24.1. The summed E-state index contributed by atoms with van der Waals surface area (Å²) in [4.78, 5) is 33.3. The lowest BCUT2D eigenvalue weighted by atomic mass is 10.1. The first-order chi connectivity index (χ1) is 17.6. The summed E-state index contributed by atoms with van der Waals surface area (Å²) in [5, 5.41) is 4.04. The SMILES string of the molecule is CC(c1ccccc1)n1c(SCC(=O)Nc2ccc(N3CCOCC3)cc2)nc2ccccc2c1=O. The molecule has 0 aliphatic carbocycles. The number of ether oxygens (including phenoxy) is 1. The van der Waals surface area contributed by atoms with E-state index in [1.165, 1.54) is 11.8 Å². The number of carbonyl (C=O) groups excluding carboxylic acids is 1. The number of hydrogen-bond acceptors (Lipinski definition) is 6. The molecule has 184 valence electrons. The number of benzene rings is 3. The van der Waals surface area contributed by atoms with E-state index in [1.54, 1.807) is 10.6 Å². The number of nitrogens with one attached hydrogen (secondary N) is 1. The van der Waals surface area contributed by atoms with Gasteiger partial charge in [-0.25, -0.2) is 4.98 Å². The average Bonchev–Trinajstić information content (AvgIpc) is 2.93. The van der Waals surface area contributed by atoms with Crippen molar-refractivity contribution < 1.29 is 9.53 Å². The van der Waals surface area contributed by atoms with E-state index in [4.69, 9.17) is 9.72 Å². The Labute approximate surface area is 214 Å². The molecule has 1 aliphatic rings. The number of nitrogens with zero attached hydrogens (tertiary/aromatic N) is 3. The summed E-state index contributed by atoms with van der Waals surface area (Å²) in [6.07, 6.45) is 0. The second-order valence-corrected chi connectivity index (χ2v) is 9.60. The molecular weight excluding hydrogens is 472 g/mol. The molecular formula is C28H28N4O3S. The number of morpholine rings is 1. The van der Waals surface area contributed by atoms with E-state index in [-0.39, 0.29) is 23.3 Å². The number of thioether (sulfide) groups is 1. The first-order valence-electron chi connectivity index (χ1n) is 12.0. The maximum Gasteiger partial charge on any atom is 0.262 e. The summed E-state index contributed by atoms with van der Waals surface area (Å²) >= 11 is 1.27. The quantitative estimate of drug-likeness (QED) is 0.296. The molecule has 1 fully saturated rings. The molecule has 3 aromatic carbocycles. The third kappa shape index (κ3) is 5.29. The van der Waals surface area contributed by atoms with Crippen molar-refractivity contribution in [2.24, 2.45) is 0 Å². The zero-order valence-corrected chi connectivity index (χ0v) is 20.9. The van der Waals surface area contributed by atoms with Crippen LogP contribution >= 0.6 is 11.8 Å². The highest BCUT2D eigenvalue weighted by Crippen LogP contribution is 2.25. The minimum absolute atomic E-state index is 0.112. The molecule has 0 saturated carbocycles. The summed E-state index contributed by atoms with van der Waals surface area (Å²) in [5.41, 5.74) is 3.37. The fourth-order valence-electron chi connectivity index (χ4n) is 4.35. The van der Waals surface area contributed by atoms with Crippen molar-refractivity contribution in [2.75, 3.05) is 42.3 Å². The normalized spacial score (nSPS) is 14.5. The lowest BCUT2D eigenvalue weighted by molar-refractivity contribution is -0.113. The molecule has 0 spiro atoms. The van der Waals surface area contributed by atoms with Gasteiger partial charge in [0.15, 0.2) is 5.16 Å². The first-order valence-corrected chi connectivity index (χ1v) is 13.0. The lowest BCUT2D eigenvalue weighted by Crippen LogP contribution is -2.36. The van der Waals surface area contributed by atoms with Gasteiger partial charge in [-0.15, -0.1) is 0 Å². The van der Waals surface area contributed by atoms with Crippen LogP contribution in [0, 0.1) is 0 Å². The molecule has 1 aromatic heterocycles. The molecule has 1 amide bonds. The molecule has 1 unspecified atom stereocenters. The van der Waals surface area contributed by atoms with Crippen molar-refractivity contribution in [2.45, 2.75) is 18.1 Å². The smallest absolute Gasteiger partial charge is 0.262 e. The van der Waals surface area contributed by atoms with E-state index in [0.29, 0.717) is 16.1 Å². The van der Waals surface area contributed by atoms with E-state index < -0.39 is 0 Å². The molecule has 0 bridgehead atoms. The Balaban J connectivity index is 1.33. The van der Waals surface area contributed by atoms with E-state index in [9.17, 15) is 9.59 Å². The average molecular weight is 501 g/mol. The van der Waals surface area contributed by atoms with Crippen LogP contribution in [0.25, 0.3) is 10.9 Å². The van der Waals surface area contributed by atoms with Crippen LogP contribution in [0.4, 0.5) is 11.4 Å². The van der Waals surface area contributed by atoms with Crippen LogP contribution in [-0.4, -0.2) is 47.5 Å². The Morgan fingerprint density at radius 2 is 1.69 bits per heavy atom. The second-order valence-electron chi connectivity index (χ2n) is 8.66. The molecule has 1 N–H and O–H groups in total. The highest BCUT2D eigenvalue weighted by Gasteiger charge is 2.19. The fraction of sp³-hybridized carbons (Fsp3) is 0.250. The monoisotopic (exact) mass is 500 g/mol. The van der Waals surface area contributed by atoms with Crippen LogP contribution in [-0.2, 0) is 9.53 Å². The Morgan fingerprint density at radius 3 is 2.44 bits per heavy atom. The summed E-state index contributed by atoms with van der Waals surface area (Å²) in [5.74, 6) is -0.0160. The van der Waals surface area contributed by atoms with Crippen LogP contribution in [0.3, 0.4) is 0 Å². The number of amides is 1. The molecule has 8 heteroatoms. The minimum Gasteiger partial charge on any atom is -0.378 e. The molecule has 4 aromatic rings. The van der Waals surface area contributed by atoms with E-state index in [0.717, 1.165) is 43.2 Å². The van der Waals surface area contributed by atoms with Gasteiger partial charge >= 0.3 is 0 Å². The zero-order chi connectivity index (χ0) is 24.9. The second kappa shape index (κ2) is 11.0. The van der Waals surface area contributed by atoms with Gasteiger partial charge in [-0.2, -0.15) is 0 Å². The highest BCUT2D eigenvalue weighted by molar-refractivity contribution is 7.99. The molecule has 36 heavy (non-hydrogen) atoms. The zero-order valence-electron chi connectivity index (χ0n) is 20.1. The molecule has 2 heterocycles. The van der Waals surface area contributed by atoms with Gasteiger partial charge in [-0.05, 0) is 48.9 Å². The molecule has 1 atom stereocenters. The molecule has 1 aliphatic heterocycles. The van der Waals surface area contributed by atoms with E-state index in [1.807, 2.05) is 79.7 Å². The Morgan fingerprint density at radius 1 is 1.00 bits per heavy atom. The number of anilines is 2. The van der Waals surface area contributed by atoms with Crippen molar-refractivity contribution in [1.82, 2.24) is 9.55 Å². The molecule has 0 radical (unpaired) electrons. The van der Waals surface area contributed by atoms with E-state index >= 15 is 0 Å². The summed E-state index contributed by atoms with van der Waals surface area (Å²) in [7, 11) is 0. The van der Waals surface area contributed by atoms with E-state index in [2.05, 4.69) is 10.2 Å². The number of para-hydroxylation sites is 1. The minimum atomic E-state index is -0.228. The van der Waals surface area contributed by atoms with Crippen molar-refractivity contribution in [3.05, 3.63) is 94.8 Å². The molecule has 1 saturated heterocycles. The van der Waals surface area contributed by atoms with Gasteiger partial charge in [-0.1, -0.05) is 54.2 Å². The maximum absolute atomic E-state index is 13.5. The summed E-state index contributed by atoms with van der Waals surface area (Å²) in [6.45, 7) is 5.17. The maximum atomic E-state index is 13.5. The lowest BCUT2D eigenvalue weighted by Gasteiger charge is -2.28. The van der Waals surface area contributed by atoms with Crippen molar-refractivity contribution in [1.29, 1.82) is 0 Å². The third-order valence-electron chi connectivity index (χ3n) is 6.30. The summed E-state index contributed by atoms with van der Waals surface area (Å²) in [6, 6.07) is 24.8. The topological polar surface area (TPSA) is 76.5 Å². The van der Waals surface area contributed by atoms with Gasteiger partial charge in [0.25, 0.3) is 5.56 Å². The van der Waals surface area contributed by atoms with Crippen LogP contribution < -0.4 is 15.8 Å². The Bertz CT molecular complexity index is 1400. The summed E-state index contributed by atoms with van der Waals surface area (Å²) < 4.78 is 7.10. The largest absolute Gasteiger partial charge is 0.378 e. The van der Waals surface area contributed by atoms with Crippen LogP contribution in [0.2, 0.25) is 0 Å². The fourth-order valence-corrected chi connectivity index (χ4v) is 5.23. The highest BCUT2D eigenvalue weighted by atomic mass is 32.2. The van der Waals surface area contributed by atoms with Gasteiger partial charge in [0.05, 0.1) is 35.9 Å². The van der Waals surface area contributed by atoms with Gasteiger partial charge in [-0.3, -0.25) is 14.2 Å².